The second kappa shape index (κ2) is 31.5. The first-order chi connectivity index (χ1) is 38.3. The van der Waals surface area contributed by atoms with Crippen LogP contribution in [0.3, 0.4) is 0 Å². The molecular formula is C58H82N8O12S2. The van der Waals surface area contributed by atoms with Gasteiger partial charge in [0.1, 0.15) is 37.4 Å². The van der Waals surface area contributed by atoms with Gasteiger partial charge in [-0.1, -0.05) is 90.1 Å². The zero-order valence-electron chi connectivity index (χ0n) is 47.7. The third-order valence-electron chi connectivity index (χ3n) is 13.7. The van der Waals surface area contributed by atoms with Gasteiger partial charge in [0.2, 0.25) is 35.4 Å². The smallest absolute Gasteiger partial charge is 0.246 e. The summed E-state index contributed by atoms with van der Waals surface area (Å²) in [7, 11) is 0. The highest BCUT2D eigenvalue weighted by atomic mass is 32.1. The molecule has 2 aliphatic rings. The van der Waals surface area contributed by atoms with Gasteiger partial charge in [0.15, 0.2) is 0 Å². The van der Waals surface area contributed by atoms with Crippen LogP contribution < -0.4 is 21.3 Å². The van der Waals surface area contributed by atoms with E-state index < -0.39 is 46.8 Å². The van der Waals surface area contributed by atoms with Gasteiger partial charge in [0.05, 0.1) is 98.2 Å². The molecule has 2 aliphatic heterocycles. The van der Waals surface area contributed by atoms with E-state index in [-0.39, 0.29) is 63.3 Å². The number of thiazole rings is 2. The van der Waals surface area contributed by atoms with Crippen LogP contribution in [0.4, 0.5) is 0 Å². The molecule has 2 aromatic carbocycles. The number of ether oxygens (including phenoxy) is 6. The van der Waals surface area contributed by atoms with Gasteiger partial charge in [-0.3, -0.25) is 28.8 Å². The Balaban J connectivity index is 0.750. The van der Waals surface area contributed by atoms with Crippen LogP contribution in [0.15, 0.2) is 59.6 Å². The quantitative estimate of drug-likeness (QED) is 0.0448. The van der Waals surface area contributed by atoms with E-state index in [0.717, 1.165) is 43.4 Å². The molecule has 2 aromatic heterocycles. The minimum atomic E-state index is -0.860. The summed E-state index contributed by atoms with van der Waals surface area (Å²) in [6.45, 7) is 19.1. The van der Waals surface area contributed by atoms with Crippen LogP contribution in [0.5, 0.6) is 0 Å². The van der Waals surface area contributed by atoms with Crippen LogP contribution in [0.25, 0.3) is 20.9 Å². The number of hydrogen-bond donors (Lipinski definition) is 4. The minimum Gasteiger partial charge on any atom is -0.377 e. The molecule has 80 heavy (non-hydrogen) atoms. The van der Waals surface area contributed by atoms with Crippen LogP contribution in [0, 0.1) is 24.7 Å². The zero-order chi connectivity index (χ0) is 57.7. The number of nitrogens with zero attached hydrogens (tertiary/aromatic N) is 4. The highest BCUT2D eigenvalue weighted by molar-refractivity contribution is 7.13. The summed E-state index contributed by atoms with van der Waals surface area (Å²) in [5.74, 6) is -1.91. The number of rotatable bonds is 31. The predicted octanol–water partition coefficient (Wildman–Crippen LogP) is 5.63. The zero-order valence-corrected chi connectivity index (χ0v) is 49.4. The number of nitrogens with one attached hydrogen (secondary N) is 4. The van der Waals surface area contributed by atoms with Crippen LogP contribution in [-0.2, 0) is 70.3 Å². The lowest BCUT2D eigenvalue weighted by molar-refractivity contribution is -0.144. The molecule has 4 heterocycles. The Labute approximate surface area is 478 Å². The molecular weight excluding hydrogens is 1060 g/mol. The molecule has 0 saturated carbocycles. The lowest BCUT2D eigenvalue weighted by Crippen LogP contribution is -2.58. The second-order valence-electron chi connectivity index (χ2n) is 22.0. The first-order valence-electron chi connectivity index (χ1n) is 27.5. The largest absolute Gasteiger partial charge is 0.377 e. The van der Waals surface area contributed by atoms with Crippen molar-refractivity contribution in [2.45, 2.75) is 118 Å². The third-order valence-corrected chi connectivity index (χ3v) is 15.7. The van der Waals surface area contributed by atoms with Crippen molar-refractivity contribution in [3.05, 3.63) is 82.1 Å². The van der Waals surface area contributed by atoms with E-state index in [2.05, 4.69) is 31.2 Å². The molecule has 438 valence electrons. The van der Waals surface area contributed by atoms with Crippen molar-refractivity contribution >= 4 is 58.1 Å². The Bertz CT molecular complexity index is 2440. The first kappa shape index (κ1) is 63.5. The molecule has 0 spiro atoms. The van der Waals surface area contributed by atoms with Gasteiger partial charge >= 0.3 is 0 Å². The molecule has 0 unspecified atom stereocenters. The molecule has 4 N–H and O–H groups in total. The Kier molecular flexibility index (Phi) is 25.0. The molecule has 6 rings (SSSR count). The number of hydrogen-bond acceptors (Lipinski definition) is 16. The average Bonchev–Trinajstić information content (AvgIpc) is 4.34. The summed E-state index contributed by atoms with van der Waals surface area (Å²) in [4.78, 5) is 94.6. The number of likely N-dealkylation sites (tertiary alicyclic amines) is 2. The number of carbonyl (C=O) groups is 6. The Hall–Kier alpha value is -5.72. The predicted molar refractivity (Wildman–Crippen MR) is 305 cm³/mol. The van der Waals surface area contributed by atoms with Crippen LogP contribution in [0.2, 0.25) is 0 Å². The summed E-state index contributed by atoms with van der Waals surface area (Å²) in [6, 6.07) is 13.0. The maximum Gasteiger partial charge on any atom is 0.246 e. The third kappa shape index (κ3) is 19.5. The molecule has 0 aliphatic carbocycles. The molecule has 20 nitrogen and oxygen atoms in total. The summed E-state index contributed by atoms with van der Waals surface area (Å²) in [5.41, 5.74) is 8.40. The van der Waals surface area contributed by atoms with Crippen molar-refractivity contribution < 1.29 is 57.2 Å². The first-order valence-corrected chi connectivity index (χ1v) is 29.3. The van der Waals surface area contributed by atoms with E-state index in [1.165, 1.54) is 0 Å². The molecule has 2 fully saturated rings. The molecule has 0 bridgehead atoms. The molecule has 6 amide bonds. The summed E-state index contributed by atoms with van der Waals surface area (Å²) in [5, 5.41) is 11.7. The second-order valence-corrected chi connectivity index (χ2v) is 23.7. The summed E-state index contributed by atoms with van der Waals surface area (Å²) in [6.07, 6.45) is 2.46. The van der Waals surface area contributed by atoms with Crippen LogP contribution in [0.1, 0.15) is 89.7 Å². The van der Waals surface area contributed by atoms with Crippen molar-refractivity contribution in [2.75, 3.05) is 92.4 Å². The van der Waals surface area contributed by atoms with Crippen molar-refractivity contribution in [1.29, 1.82) is 0 Å². The lowest BCUT2D eigenvalue weighted by Gasteiger charge is -2.35. The highest BCUT2D eigenvalue weighted by Gasteiger charge is 2.43. The average molecular weight is 1150 g/mol. The Morgan fingerprint density at radius 3 is 1.15 bits per heavy atom. The van der Waals surface area contributed by atoms with E-state index in [9.17, 15) is 28.8 Å². The molecule has 2 saturated heterocycles. The van der Waals surface area contributed by atoms with Gasteiger partial charge in [-0.05, 0) is 72.6 Å². The fourth-order valence-corrected chi connectivity index (χ4v) is 10.9. The van der Waals surface area contributed by atoms with E-state index in [1.807, 2.05) is 115 Å². The van der Waals surface area contributed by atoms with Crippen molar-refractivity contribution in [1.82, 2.24) is 41.0 Å². The van der Waals surface area contributed by atoms with E-state index >= 15 is 0 Å². The van der Waals surface area contributed by atoms with Crippen LogP contribution >= 0.6 is 22.7 Å². The standard InChI is InChI=1S/C58H82N8O12S2/c1-39-49(79-37-61-39)43-17-13-41(14-18-43)33-59-53(69)45-11-9-21-65(45)55(71)51(57(3,4)5)63-47(67)35-77-31-29-75-27-25-73-23-24-74-26-28-76-30-32-78-36-48(68)64-52(58(6,7)8)56(72)66-22-10-12-46(66)54(70)60-34-42-15-19-44(20-16-42)50-40(2)62-38-80-50/h13-20,37-38,45-46,51-52H,9-12,21-36H2,1-8H3,(H,59,69)(H,60,70)(H,63,67)(H,64,68)/t45-,46-,51+,52+/m0/s1. The molecule has 22 heteroatoms. The van der Waals surface area contributed by atoms with Gasteiger partial charge in [-0.15, -0.1) is 22.7 Å². The van der Waals surface area contributed by atoms with Gasteiger partial charge in [-0.25, -0.2) is 9.97 Å². The van der Waals surface area contributed by atoms with Crippen molar-refractivity contribution in [2.24, 2.45) is 10.8 Å². The fourth-order valence-electron chi connectivity index (χ4n) is 9.29. The Morgan fingerprint density at radius 2 is 0.850 bits per heavy atom. The number of aryl methyl sites for hydroxylation is 2. The number of amides is 6. The minimum absolute atomic E-state index is 0.165. The number of carbonyl (C=O) groups excluding carboxylic acids is 6. The van der Waals surface area contributed by atoms with E-state index in [4.69, 9.17) is 28.4 Å². The summed E-state index contributed by atoms with van der Waals surface area (Å²) >= 11 is 3.18. The van der Waals surface area contributed by atoms with Gasteiger partial charge in [0, 0.05) is 26.2 Å². The van der Waals surface area contributed by atoms with Crippen LogP contribution in [-0.4, -0.2) is 172 Å². The molecule has 0 radical (unpaired) electrons. The summed E-state index contributed by atoms with van der Waals surface area (Å²) < 4.78 is 33.3. The molecule has 4 aromatic rings. The monoisotopic (exact) mass is 1150 g/mol. The topological polar surface area (TPSA) is 238 Å². The maximum absolute atomic E-state index is 13.9. The maximum atomic E-state index is 13.9. The van der Waals surface area contributed by atoms with E-state index in [1.54, 1.807) is 32.5 Å². The number of aromatic nitrogens is 2. The molecule has 4 atom stereocenters. The SMILES string of the molecule is Cc1ncsc1-c1ccc(CNC(=O)[C@@H]2CCCN2C(=O)[C@@H](NC(=O)COCCOCCOCCOCCOCCOCC(=O)N[C@H](C(=O)N2CCC[C@H]2C(=O)NCc2ccc(-c3scnc3C)cc2)C(C)(C)C)C(C)(C)C)cc1. The van der Waals surface area contributed by atoms with Gasteiger partial charge < -0.3 is 59.5 Å². The normalized spacial score (nSPS) is 16.4. The van der Waals surface area contributed by atoms with Crippen molar-refractivity contribution in [3.63, 3.8) is 0 Å². The van der Waals surface area contributed by atoms with Gasteiger partial charge in [0.25, 0.3) is 0 Å². The highest BCUT2D eigenvalue weighted by Crippen LogP contribution is 2.30. The van der Waals surface area contributed by atoms with E-state index in [0.29, 0.717) is 91.5 Å². The fraction of sp³-hybridized carbons (Fsp3) is 0.586. The van der Waals surface area contributed by atoms with Crippen molar-refractivity contribution in [3.8, 4) is 20.9 Å². The number of benzene rings is 2. The lowest BCUT2D eigenvalue weighted by atomic mass is 9.85. The van der Waals surface area contributed by atoms with Gasteiger partial charge in [-0.2, -0.15) is 0 Å². The Morgan fingerprint density at radius 1 is 0.525 bits per heavy atom.